The molecule has 0 saturated heterocycles. The lowest BCUT2D eigenvalue weighted by molar-refractivity contribution is -0.385. The largest absolute Gasteiger partial charge is 0.381 e. The number of nitrogens with zero attached hydrogens (tertiary/aromatic N) is 4. The number of nitro groups is 1. The Morgan fingerprint density at radius 3 is 2.91 bits per heavy atom. The molecule has 1 heterocycles. The van der Waals surface area contributed by atoms with Gasteiger partial charge in [-0.1, -0.05) is 0 Å². The van der Waals surface area contributed by atoms with E-state index < -0.39 is 10.7 Å². The standard InChI is InChI=1S/C14H15FN6O2/c1-20(13-5-4-9(21(22)23)7-11(13)15)6-2-3-12-10(8-16)14(17)19-18-12/h4-5,7H,2-3,6H2,1H3,(H3,17,18,19). The summed E-state index contributed by atoms with van der Waals surface area (Å²) in [6.07, 6.45) is 1.16. The van der Waals surface area contributed by atoms with Crippen LogP contribution in [-0.4, -0.2) is 28.7 Å². The van der Waals surface area contributed by atoms with E-state index in [4.69, 9.17) is 11.0 Å². The molecule has 9 heteroatoms. The van der Waals surface area contributed by atoms with Gasteiger partial charge in [-0.3, -0.25) is 15.2 Å². The quantitative estimate of drug-likeness (QED) is 0.619. The van der Waals surface area contributed by atoms with Crippen molar-refractivity contribution in [3.8, 4) is 6.07 Å². The third-order valence-electron chi connectivity index (χ3n) is 3.45. The highest BCUT2D eigenvalue weighted by Crippen LogP contribution is 2.23. The number of non-ortho nitro benzene ring substituents is 1. The van der Waals surface area contributed by atoms with Crippen molar-refractivity contribution in [2.45, 2.75) is 12.8 Å². The molecule has 0 spiro atoms. The first-order valence-electron chi connectivity index (χ1n) is 6.82. The fraction of sp³-hybridized carbons (Fsp3) is 0.286. The molecule has 0 aliphatic carbocycles. The van der Waals surface area contributed by atoms with Gasteiger partial charge in [0.1, 0.15) is 11.6 Å². The van der Waals surface area contributed by atoms with E-state index in [0.29, 0.717) is 30.6 Å². The zero-order valence-corrected chi connectivity index (χ0v) is 12.4. The van der Waals surface area contributed by atoms with Crippen LogP contribution in [0.1, 0.15) is 17.7 Å². The molecule has 0 aliphatic heterocycles. The molecule has 0 fully saturated rings. The number of rotatable bonds is 6. The van der Waals surface area contributed by atoms with E-state index in [1.54, 1.807) is 11.9 Å². The van der Waals surface area contributed by atoms with Crippen molar-refractivity contribution in [1.29, 1.82) is 5.26 Å². The van der Waals surface area contributed by atoms with Gasteiger partial charge in [-0.25, -0.2) is 4.39 Å². The van der Waals surface area contributed by atoms with Crippen LogP contribution >= 0.6 is 0 Å². The molecule has 3 N–H and O–H groups in total. The molecule has 2 rings (SSSR count). The van der Waals surface area contributed by atoms with Gasteiger partial charge in [-0.15, -0.1) is 0 Å². The summed E-state index contributed by atoms with van der Waals surface area (Å²) in [5.41, 5.74) is 6.51. The lowest BCUT2D eigenvalue weighted by Gasteiger charge is -2.19. The number of halogens is 1. The highest BCUT2D eigenvalue weighted by atomic mass is 19.1. The molecule has 23 heavy (non-hydrogen) atoms. The number of hydrogen-bond acceptors (Lipinski definition) is 6. The van der Waals surface area contributed by atoms with E-state index in [9.17, 15) is 14.5 Å². The number of anilines is 2. The van der Waals surface area contributed by atoms with E-state index in [-0.39, 0.29) is 17.2 Å². The highest BCUT2D eigenvalue weighted by molar-refractivity contribution is 5.52. The van der Waals surface area contributed by atoms with Gasteiger partial charge in [0, 0.05) is 19.7 Å². The van der Waals surface area contributed by atoms with E-state index in [1.807, 2.05) is 6.07 Å². The van der Waals surface area contributed by atoms with Gasteiger partial charge in [0.2, 0.25) is 0 Å². The van der Waals surface area contributed by atoms with Gasteiger partial charge in [0.05, 0.1) is 22.4 Å². The molecule has 0 saturated carbocycles. The number of nitro benzene ring substituents is 1. The molecule has 0 bridgehead atoms. The number of hydrogen-bond donors (Lipinski definition) is 2. The number of H-pyrrole nitrogens is 1. The third kappa shape index (κ3) is 3.55. The van der Waals surface area contributed by atoms with E-state index in [2.05, 4.69) is 10.2 Å². The Morgan fingerprint density at radius 2 is 2.30 bits per heavy atom. The summed E-state index contributed by atoms with van der Waals surface area (Å²) in [4.78, 5) is 11.6. The maximum Gasteiger partial charge on any atom is 0.272 e. The molecule has 8 nitrogen and oxygen atoms in total. The highest BCUT2D eigenvalue weighted by Gasteiger charge is 2.14. The molecular weight excluding hydrogens is 303 g/mol. The second-order valence-corrected chi connectivity index (χ2v) is 4.99. The summed E-state index contributed by atoms with van der Waals surface area (Å²) < 4.78 is 13.9. The van der Waals surface area contributed by atoms with Crippen molar-refractivity contribution < 1.29 is 9.31 Å². The van der Waals surface area contributed by atoms with Crippen molar-refractivity contribution in [3.63, 3.8) is 0 Å². The number of nitriles is 1. The lowest BCUT2D eigenvalue weighted by Crippen LogP contribution is -2.20. The Hall–Kier alpha value is -3.15. The molecule has 0 unspecified atom stereocenters. The first-order valence-corrected chi connectivity index (χ1v) is 6.82. The third-order valence-corrected chi connectivity index (χ3v) is 3.45. The summed E-state index contributed by atoms with van der Waals surface area (Å²) in [7, 11) is 1.69. The monoisotopic (exact) mass is 318 g/mol. The molecule has 0 radical (unpaired) electrons. The number of nitrogens with one attached hydrogen (secondary N) is 1. The zero-order valence-electron chi connectivity index (χ0n) is 12.4. The predicted octanol–water partition coefficient (Wildman–Crippen LogP) is 1.98. The molecular formula is C14H15FN6O2. The minimum Gasteiger partial charge on any atom is -0.381 e. The fourth-order valence-electron chi connectivity index (χ4n) is 2.23. The van der Waals surface area contributed by atoms with E-state index in [0.717, 1.165) is 6.07 Å². The number of aromatic nitrogens is 2. The summed E-state index contributed by atoms with van der Waals surface area (Å²) in [5.74, 6) is -0.484. The van der Waals surface area contributed by atoms with Crippen LogP contribution in [0.2, 0.25) is 0 Å². The normalized spacial score (nSPS) is 10.3. The van der Waals surface area contributed by atoms with Gasteiger partial charge < -0.3 is 10.6 Å². The molecule has 1 aromatic carbocycles. The summed E-state index contributed by atoms with van der Waals surface area (Å²) in [5, 5.41) is 26.1. The van der Waals surface area contributed by atoms with Gasteiger partial charge >= 0.3 is 0 Å². The van der Waals surface area contributed by atoms with Crippen LogP contribution in [0.3, 0.4) is 0 Å². The molecule has 0 atom stereocenters. The maximum absolute atomic E-state index is 13.9. The molecule has 1 aromatic heterocycles. The average Bonchev–Trinajstić information content (AvgIpc) is 2.86. The van der Waals surface area contributed by atoms with Crippen molar-refractivity contribution in [2.24, 2.45) is 0 Å². The van der Waals surface area contributed by atoms with Crippen LogP contribution in [0.4, 0.5) is 21.6 Å². The van der Waals surface area contributed by atoms with Gasteiger partial charge in [-0.05, 0) is 18.9 Å². The Kier molecular flexibility index (Phi) is 4.75. The van der Waals surface area contributed by atoms with Crippen LogP contribution in [0, 0.1) is 27.3 Å². The number of aryl methyl sites for hydroxylation is 1. The number of benzene rings is 1. The van der Waals surface area contributed by atoms with Crippen LogP contribution in [-0.2, 0) is 6.42 Å². The second-order valence-electron chi connectivity index (χ2n) is 4.99. The van der Waals surface area contributed by atoms with E-state index in [1.165, 1.54) is 12.1 Å². The van der Waals surface area contributed by atoms with E-state index >= 15 is 0 Å². The predicted molar refractivity (Wildman–Crippen MR) is 82.4 cm³/mol. The van der Waals surface area contributed by atoms with Gasteiger partial charge in [0.15, 0.2) is 11.6 Å². The van der Waals surface area contributed by atoms with Crippen molar-refractivity contribution in [2.75, 3.05) is 24.2 Å². The van der Waals surface area contributed by atoms with Gasteiger partial charge in [0.25, 0.3) is 5.69 Å². The maximum atomic E-state index is 13.9. The van der Waals surface area contributed by atoms with Crippen LogP contribution in [0.15, 0.2) is 18.2 Å². The summed E-state index contributed by atoms with van der Waals surface area (Å²) >= 11 is 0. The second kappa shape index (κ2) is 6.74. The summed E-state index contributed by atoms with van der Waals surface area (Å²) in [6, 6.07) is 5.52. The lowest BCUT2D eigenvalue weighted by atomic mass is 10.1. The van der Waals surface area contributed by atoms with Gasteiger partial charge in [-0.2, -0.15) is 10.4 Å². The first kappa shape index (κ1) is 16.2. The first-order chi connectivity index (χ1) is 10.9. The number of nitrogen functional groups attached to an aromatic ring is 1. The SMILES string of the molecule is CN(CCCc1[nH]nc(N)c1C#N)c1ccc([N+](=O)[O-])cc1F. The molecule has 120 valence electrons. The molecule has 0 aliphatic rings. The molecule has 0 amide bonds. The van der Waals surface area contributed by atoms with Crippen LogP contribution < -0.4 is 10.6 Å². The topological polar surface area (TPSA) is 125 Å². The Morgan fingerprint density at radius 1 is 1.57 bits per heavy atom. The number of aromatic amines is 1. The average molecular weight is 318 g/mol. The van der Waals surface area contributed by atoms with Crippen molar-refractivity contribution >= 4 is 17.2 Å². The van der Waals surface area contributed by atoms with Crippen LogP contribution in [0.5, 0.6) is 0 Å². The Labute approximate surface area is 131 Å². The minimum atomic E-state index is -0.648. The smallest absolute Gasteiger partial charge is 0.272 e. The Bertz CT molecular complexity index is 767. The number of nitrogens with two attached hydrogens (primary N) is 1. The van der Waals surface area contributed by atoms with Crippen molar-refractivity contribution in [1.82, 2.24) is 10.2 Å². The fourth-order valence-corrected chi connectivity index (χ4v) is 2.23. The Balaban J connectivity index is 1.99. The zero-order chi connectivity index (χ0) is 17.0. The van der Waals surface area contributed by atoms with Crippen molar-refractivity contribution in [3.05, 3.63) is 45.4 Å². The minimum absolute atomic E-state index is 0.164. The molecule has 2 aromatic rings. The summed E-state index contributed by atoms with van der Waals surface area (Å²) in [6.45, 7) is 0.499. The van der Waals surface area contributed by atoms with Crippen LogP contribution in [0.25, 0.3) is 0 Å².